The van der Waals surface area contributed by atoms with Crippen LogP contribution in [0.1, 0.15) is 22.8 Å². The molecule has 0 spiro atoms. The molecule has 0 aliphatic heterocycles. The SMILES string of the molecule is CCOc1ccc(S(=O)(=O)Nc2cccc(C(=O)Nc3ccc(F)cc3C)c2)cc1. The van der Waals surface area contributed by atoms with Gasteiger partial charge < -0.3 is 10.1 Å². The van der Waals surface area contributed by atoms with Crippen LogP contribution < -0.4 is 14.8 Å². The fourth-order valence-corrected chi connectivity index (χ4v) is 3.83. The number of carbonyl (C=O) groups excluding carboxylic acids is 1. The smallest absolute Gasteiger partial charge is 0.261 e. The summed E-state index contributed by atoms with van der Waals surface area (Å²) in [6, 6.07) is 16.2. The number of halogens is 1. The molecule has 3 aromatic rings. The molecule has 0 heterocycles. The third-order valence-corrected chi connectivity index (χ3v) is 5.66. The van der Waals surface area contributed by atoms with Gasteiger partial charge in [0.1, 0.15) is 11.6 Å². The molecule has 1 amide bonds. The molecule has 0 fully saturated rings. The Balaban J connectivity index is 1.76. The van der Waals surface area contributed by atoms with E-state index in [-0.39, 0.29) is 16.1 Å². The highest BCUT2D eigenvalue weighted by atomic mass is 32.2. The normalized spacial score (nSPS) is 11.0. The van der Waals surface area contributed by atoms with Crippen molar-refractivity contribution in [3.05, 3.63) is 83.7 Å². The first kappa shape index (κ1) is 21.3. The third kappa shape index (κ3) is 5.15. The zero-order valence-electron chi connectivity index (χ0n) is 16.5. The Hall–Kier alpha value is -3.39. The van der Waals surface area contributed by atoms with Crippen LogP contribution in [-0.2, 0) is 10.0 Å². The Labute approximate surface area is 174 Å². The first-order valence-electron chi connectivity index (χ1n) is 9.22. The second kappa shape index (κ2) is 8.96. The first-order chi connectivity index (χ1) is 14.3. The van der Waals surface area contributed by atoms with Gasteiger partial charge in [0.05, 0.1) is 11.5 Å². The highest BCUT2D eigenvalue weighted by Gasteiger charge is 2.16. The molecule has 0 aliphatic carbocycles. The zero-order valence-corrected chi connectivity index (χ0v) is 17.3. The van der Waals surface area contributed by atoms with Crippen molar-refractivity contribution < 1.29 is 22.3 Å². The fourth-order valence-electron chi connectivity index (χ4n) is 2.78. The summed E-state index contributed by atoms with van der Waals surface area (Å²) < 4.78 is 46.3. The molecule has 30 heavy (non-hydrogen) atoms. The van der Waals surface area contributed by atoms with Gasteiger partial charge in [0.2, 0.25) is 0 Å². The van der Waals surface area contributed by atoms with E-state index in [4.69, 9.17) is 4.74 Å². The highest BCUT2D eigenvalue weighted by molar-refractivity contribution is 7.92. The molecule has 3 rings (SSSR count). The van der Waals surface area contributed by atoms with Crippen molar-refractivity contribution in [1.82, 2.24) is 0 Å². The molecule has 0 atom stereocenters. The van der Waals surface area contributed by atoms with Gasteiger partial charge in [-0.3, -0.25) is 9.52 Å². The molecule has 0 saturated carbocycles. The summed E-state index contributed by atoms with van der Waals surface area (Å²) in [4.78, 5) is 12.6. The maximum Gasteiger partial charge on any atom is 0.261 e. The minimum atomic E-state index is -3.84. The monoisotopic (exact) mass is 428 g/mol. The number of nitrogens with one attached hydrogen (secondary N) is 2. The van der Waals surface area contributed by atoms with Crippen LogP contribution in [0.2, 0.25) is 0 Å². The van der Waals surface area contributed by atoms with Crippen molar-refractivity contribution in [2.24, 2.45) is 0 Å². The van der Waals surface area contributed by atoms with Gasteiger partial charge in [-0.2, -0.15) is 0 Å². The van der Waals surface area contributed by atoms with Crippen LogP contribution in [0, 0.1) is 12.7 Å². The van der Waals surface area contributed by atoms with E-state index in [1.807, 2.05) is 6.92 Å². The second-order valence-electron chi connectivity index (χ2n) is 6.50. The molecule has 0 bridgehead atoms. The van der Waals surface area contributed by atoms with Crippen molar-refractivity contribution in [1.29, 1.82) is 0 Å². The number of rotatable bonds is 7. The lowest BCUT2D eigenvalue weighted by Crippen LogP contribution is -2.15. The van der Waals surface area contributed by atoms with Gasteiger partial charge in [-0.1, -0.05) is 6.07 Å². The lowest BCUT2D eigenvalue weighted by molar-refractivity contribution is 0.102. The molecule has 0 unspecified atom stereocenters. The summed E-state index contributed by atoms with van der Waals surface area (Å²) >= 11 is 0. The van der Waals surface area contributed by atoms with Crippen LogP contribution in [0.25, 0.3) is 0 Å². The Morgan fingerprint density at radius 1 is 1.03 bits per heavy atom. The van der Waals surface area contributed by atoms with Crippen LogP contribution in [0.4, 0.5) is 15.8 Å². The van der Waals surface area contributed by atoms with Gasteiger partial charge in [-0.25, -0.2) is 12.8 Å². The maximum atomic E-state index is 13.2. The maximum absolute atomic E-state index is 13.2. The van der Waals surface area contributed by atoms with E-state index in [9.17, 15) is 17.6 Å². The number of aryl methyl sites for hydroxylation is 1. The zero-order chi connectivity index (χ0) is 21.7. The summed E-state index contributed by atoms with van der Waals surface area (Å²) in [5.41, 5.74) is 1.55. The number of hydrogen-bond donors (Lipinski definition) is 2. The largest absolute Gasteiger partial charge is 0.494 e. The van der Waals surface area contributed by atoms with Crippen molar-refractivity contribution in [2.75, 3.05) is 16.6 Å². The molecule has 0 saturated heterocycles. The topological polar surface area (TPSA) is 84.5 Å². The molecule has 3 aromatic carbocycles. The van der Waals surface area contributed by atoms with Crippen molar-refractivity contribution in [3.8, 4) is 5.75 Å². The number of carbonyl (C=O) groups is 1. The predicted octanol–water partition coefficient (Wildman–Crippen LogP) is 4.59. The number of sulfonamides is 1. The Morgan fingerprint density at radius 3 is 2.43 bits per heavy atom. The minimum Gasteiger partial charge on any atom is -0.494 e. The Morgan fingerprint density at radius 2 is 1.77 bits per heavy atom. The molecule has 8 heteroatoms. The summed E-state index contributed by atoms with van der Waals surface area (Å²) in [7, 11) is -3.84. The number of benzene rings is 3. The van der Waals surface area contributed by atoms with Crippen LogP contribution >= 0.6 is 0 Å². The van der Waals surface area contributed by atoms with Crippen molar-refractivity contribution in [3.63, 3.8) is 0 Å². The van der Waals surface area contributed by atoms with E-state index in [0.717, 1.165) is 0 Å². The summed E-state index contributed by atoms with van der Waals surface area (Å²) in [5.74, 6) is -0.255. The van der Waals surface area contributed by atoms with E-state index in [2.05, 4.69) is 10.0 Å². The van der Waals surface area contributed by atoms with Gasteiger partial charge in [0.25, 0.3) is 15.9 Å². The standard InChI is InChI=1S/C22H21FN2O4S/c1-3-29-19-8-10-20(11-9-19)30(27,28)25-18-6-4-5-16(14-18)22(26)24-21-12-7-17(23)13-15(21)2/h4-14,25H,3H2,1-2H3,(H,24,26). The molecule has 0 aliphatic rings. The Kier molecular flexibility index (Phi) is 6.37. The van der Waals surface area contributed by atoms with E-state index >= 15 is 0 Å². The Bertz CT molecular complexity index is 1160. The van der Waals surface area contributed by atoms with E-state index in [1.54, 1.807) is 37.3 Å². The number of anilines is 2. The average molecular weight is 428 g/mol. The van der Waals surface area contributed by atoms with Crippen molar-refractivity contribution in [2.45, 2.75) is 18.7 Å². The predicted molar refractivity (Wildman–Crippen MR) is 114 cm³/mol. The van der Waals surface area contributed by atoms with Crippen LogP contribution in [-0.4, -0.2) is 20.9 Å². The summed E-state index contributed by atoms with van der Waals surface area (Å²) in [6.07, 6.45) is 0. The molecule has 0 radical (unpaired) electrons. The van der Waals surface area contributed by atoms with Gasteiger partial charge in [0, 0.05) is 16.9 Å². The van der Waals surface area contributed by atoms with Crippen molar-refractivity contribution >= 4 is 27.3 Å². The van der Waals surface area contributed by atoms with Gasteiger partial charge in [-0.05, 0) is 80.1 Å². The van der Waals surface area contributed by atoms with E-state index < -0.39 is 21.7 Å². The van der Waals surface area contributed by atoms with Gasteiger partial charge in [-0.15, -0.1) is 0 Å². The molecular formula is C22H21FN2O4S. The quantitative estimate of drug-likeness (QED) is 0.577. The molecule has 2 N–H and O–H groups in total. The van der Waals surface area contributed by atoms with E-state index in [1.165, 1.54) is 36.4 Å². The average Bonchev–Trinajstić information content (AvgIpc) is 2.70. The first-order valence-corrected chi connectivity index (χ1v) is 10.7. The summed E-state index contributed by atoms with van der Waals surface area (Å²) in [6.45, 7) is 4.00. The molecule has 0 aromatic heterocycles. The molecule has 156 valence electrons. The van der Waals surface area contributed by atoms with Gasteiger partial charge in [0.15, 0.2) is 0 Å². The van der Waals surface area contributed by atoms with Gasteiger partial charge >= 0.3 is 0 Å². The van der Waals surface area contributed by atoms with Crippen LogP contribution in [0.3, 0.4) is 0 Å². The number of amides is 1. The van der Waals surface area contributed by atoms with E-state index in [0.29, 0.717) is 23.6 Å². The number of hydrogen-bond acceptors (Lipinski definition) is 4. The molecular weight excluding hydrogens is 407 g/mol. The minimum absolute atomic E-state index is 0.0720. The fraction of sp³-hybridized carbons (Fsp3) is 0.136. The van der Waals surface area contributed by atoms with Crippen LogP contribution in [0.5, 0.6) is 5.75 Å². The number of ether oxygens (including phenoxy) is 1. The lowest BCUT2D eigenvalue weighted by atomic mass is 10.1. The molecule has 6 nitrogen and oxygen atoms in total. The highest BCUT2D eigenvalue weighted by Crippen LogP contribution is 2.21. The second-order valence-corrected chi connectivity index (χ2v) is 8.19. The summed E-state index contributed by atoms with van der Waals surface area (Å²) in [5, 5.41) is 2.70. The van der Waals surface area contributed by atoms with Crippen LogP contribution in [0.15, 0.2) is 71.6 Å². The lowest BCUT2D eigenvalue weighted by Gasteiger charge is -2.11. The third-order valence-electron chi connectivity index (χ3n) is 4.26.